The molecule has 0 aromatic heterocycles. The average molecular weight is 311 g/mol. The van der Waals surface area contributed by atoms with Crippen LogP contribution in [0.2, 0.25) is 0 Å². The van der Waals surface area contributed by atoms with Gasteiger partial charge >= 0.3 is 0 Å². The van der Waals surface area contributed by atoms with Gasteiger partial charge in [0.25, 0.3) is 0 Å². The van der Waals surface area contributed by atoms with Gasteiger partial charge in [0, 0.05) is 16.0 Å². The SMILES string of the molecule is Cc1c(Br)cccc1O[C@H]1CC[C@H](C(C)=O)CC1. The highest BCUT2D eigenvalue weighted by atomic mass is 79.9. The summed E-state index contributed by atoms with van der Waals surface area (Å²) in [7, 11) is 0. The number of ether oxygens (including phenoxy) is 1. The van der Waals surface area contributed by atoms with Gasteiger partial charge in [0.05, 0.1) is 6.10 Å². The fourth-order valence-electron chi connectivity index (χ4n) is 2.48. The van der Waals surface area contributed by atoms with Gasteiger partial charge in [0.15, 0.2) is 0 Å². The van der Waals surface area contributed by atoms with E-state index in [0.717, 1.165) is 41.5 Å². The number of carbonyl (C=O) groups is 1. The summed E-state index contributed by atoms with van der Waals surface area (Å²) in [5.74, 6) is 1.54. The second kappa shape index (κ2) is 5.87. The molecule has 0 heterocycles. The zero-order valence-electron chi connectivity index (χ0n) is 10.9. The number of rotatable bonds is 3. The molecule has 1 aromatic rings. The van der Waals surface area contributed by atoms with Crippen molar-refractivity contribution < 1.29 is 9.53 Å². The number of benzene rings is 1. The van der Waals surface area contributed by atoms with Crippen LogP contribution in [0.4, 0.5) is 0 Å². The van der Waals surface area contributed by atoms with Crippen molar-refractivity contribution >= 4 is 21.7 Å². The highest BCUT2D eigenvalue weighted by Gasteiger charge is 2.25. The molecule has 1 aliphatic rings. The molecule has 1 fully saturated rings. The molecule has 0 spiro atoms. The Morgan fingerprint density at radius 3 is 2.56 bits per heavy atom. The lowest BCUT2D eigenvalue weighted by atomic mass is 9.85. The van der Waals surface area contributed by atoms with Crippen LogP contribution in [0.3, 0.4) is 0 Å². The molecule has 1 saturated carbocycles. The third kappa shape index (κ3) is 3.14. The predicted molar refractivity (Wildman–Crippen MR) is 75.9 cm³/mol. The molecule has 3 heteroatoms. The minimum absolute atomic E-state index is 0.258. The number of carbonyl (C=O) groups excluding carboxylic acids is 1. The zero-order valence-corrected chi connectivity index (χ0v) is 12.5. The molecule has 0 unspecified atom stereocenters. The van der Waals surface area contributed by atoms with Gasteiger partial charge in [-0.2, -0.15) is 0 Å². The van der Waals surface area contributed by atoms with Crippen molar-refractivity contribution in [3.8, 4) is 5.75 Å². The molecule has 0 radical (unpaired) electrons. The highest BCUT2D eigenvalue weighted by molar-refractivity contribution is 9.10. The van der Waals surface area contributed by atoms with Crippen LogP contribution in [0.5, 0.6) is 5.75 Å². The molecular formula is C15H19BrO2. The molecular weight excluding hydrogens is 292 g/mol. The maximum atomic E-state index is 11.3. The molecule has 0 bridgehead atoms. The number of hydrogen-bond donors (Lipinski definition) is 0. The van der Waals surface area contributed by atoms with E-state index in [0.29, 0.717) is 5.78 Å². The van der Waals surface area contributed by atoms with Crippen LogP contribution in [-0.2, 0) is 4.79 Å². The first-order valence-electron chi connectivity index (χ1n) is 6.50. The second-order valence-electron chi connectivity index (χ2n) is 5.07. The number of Topliss-reactive ketones (excluding diaryl/α,β-unsaturated/α-hetero) is 1. The molecule has 0 aliphatic heterocycles. The van der Waals surface area contributed by atoms with Crippen LogP contribution in [0.1, 0.15) is 38.2 Å². The van der Waals surface area contributed by atoms with Gasteiger partial charge in [-0.25, -0.2) is 0 Å². The van der Waals surface area contributed by atoms with Gasteiger partial charge in [-0.15, -0.1) is 0 Å². The van der Waals surface area contributed by atoms with Crippen LogP contribution in [0, 0.1) is 12.8 Å². The van der Waals surface area contributed by atoms with Crippen LogP contribution in [-0.4, -0.2) is 11.9 Å². The molecule has 0 saturated heterocycles. The van der Waals surface area contributed by atoms with Gasteiger partial charge in [0.1, 0.15) is 11.5 Å². The van der Waals surface area contributed by atoms with Gasteiger partial charge in [-0.05, 0) is 51.7 Å². The Kier molecular flexibility index (Phi) is 4.44. The number of hydrogen-bond acceptors (Lipinski definition) is 2. The van der Waals surface area contributed by atoms with E-state index in [4.69, 9.17) is 4.74 Å². The van der Waals surface area contributed by atoms with Crippen molar-refractivity contribution in [3.05, 3.63) is 28.2 Å². The zero-order chi connectivity index (χ0) is 13.1. The van der Waals surface area contributed by atoms with E-state index in [1.807, 2.05) is 18.2 Å². The minimum atomic E-state index is 0.258. The summed E-state index contributed by atoms with van der Waals surface area (Å²) < 4.78 is 7.13. The number of halogens is 1. The summed E-state index contributed by atoms with van der Waals surface area (Å²) in [6.45, 7) is 3.75. The molecule has 98 valence electrons. The van der Waals surface area contributed by atoms with Crippen molar-refractivity contribution in [1.29, 1.82) is 0 Å². The number of ketones is 1. The Hall–Kier alpha value is -0.830. The van der Waals surface area contributed by atoms with E-state index in [-0.39, 0.29) is 12.0 Å². The Balaban J connectivity index is 1.96. The van der Waals surface area contributed by atoms with Crippen molar-refractivity contribution in [2.75, 3.05) is 0 Å². The van der Waals surface area contributed by atoms with Crippen LogP contribution in [0.25, 0.3) is 0 Å². The monoisotopic (exact) mass is 310 g/mol. The lowest BCUT2D eigenvalue weighted by Gasteiger charge is -2.28. The first kappa shape index (κ1) is 13.6. The van der Waals surface area contributed by atoms with Gasteiger partial charge < -0.3 is 4.74 Å². The molecule has 18 heavy (non-hydrogen) atoms. The van der Waals surface area contributed by atoms with E-state index in [1.54, 1.807) is 6.92 Å². The van der Waals surface area contributed by atoms with Gasteiger partial charge in [0.2, 0.25) is 0 Å². The topological polar surface area (TPSA) is 26.3 Å². The van der Waals surface area contributed by atoms with Crippen LogP contribution >= 0.6 is 15.9 Å². The largest absolute Gasteiger partial charge is 0.490 e. The molecule has 0 amide bonds. The fourth-order valence-corrected chi connectivity index (χ4v) is 2.83. The first-order chi connectivity index (χ1) is 8.58. The summed E-state index contributed by atoms with van der Waals surface area (Å²) in [6, 6.07) is 6.03. The van der Waals surface area contributed by atoms with E-state index in [1.165, 1.54) is 0 Å². The van der Waals surface area contributed by atoms with Crippen molar-refractivity contribution in [3.63, 3.8) is 0 Å². The highest BCUT2D eigenvalue weighted by Crippen LogP contribution is 2.31. The Bertz CT molecular complexity index is 434. The maximum Gasteiger partial charge on any atom is 0.132 e. The van der Waals surface area contributed by atoms with E-state index < -0.39 is 0 Å². The molecule has 2 nitrogen and oxygen atoms in total. The van der Waals surface area contributed by atoms with Gasteiger partial charge in [-0.1, -0.05) is 22.0 Å². The fraction of sp³-hybridized carbons (Fsp3) is 0.533. The molecule has 0 N–H and O–H groups in total. The summed E-state index contributed by atoms with van der Waals surface area (Å²) >= 11 is 3.51. The summed E-state index contributed by atoms with van der Waals surface area (Å²) in [4.78, 5) is 11.3. The molecule has 0 atom stereocenters. The lowest BCUT2D eigenvalue weighted by Crippen LogP contribution is -2.27. The third-order valence-corrected chi connectivity index (χ3v) is 4.62. The summed E-state index contributed by atoms with van der Waals surface area (Å²) in [5.41, 5.74) is 1.14. The second-order valence-corrected chi connectivity index (χ2v) is 5.92. The summed E-state index contributed by atoms with van der Waals surface area (Å²) in [5, 5.41) is 0. The normalized spacial score (nSPS) is 23.7. The smallest absolute Gasteiger partial charge is 0.132 e. The van der Waals surface area contributed by atoms with E-state index in [9.17, 15) is 4.79 Å². The van der Waals surface area contributed by atoms with Crippen molar-refractivity contribution in [2.24, 2.45) is 5.92 Å². The predicted octanol–water partition coefficient (Wildman–Crippen LogP) is 4.28. The quantitative estimate of drug-likeness (QED) is 0.832. The van der Waals surface area contributed by atoms with E-state index >= 15 is 0 Å². The molecule has 1 aromatic carbocycles. The molecule has 1 aliphatic carbocycles. The van der Waals surface area contributed by atoms with Gasteiger partial charge in [-0.3, -0.25) is 4.79 Å². The lowest BCUT2D eigenvalue weighted by molar-refractivity contribution is -0.122. The maximum absolute atomic E-state index is 11.3. The van der Waals surface area contributed by atoms with Crippen LogP contribution in [0.15, 0.2) is 22.7 Å². The minimum Gasteiger partial charge on any atom is -0.490 e. The average Bonchev–Trinajstić information content (AvgIpc) is 2.36. The Morgan fingerprint density at radius 1 is 1.28 bits per heavy atom. The van der Waals surface area contributed by atoms with Crippen LogP contribution < -0.4 is 4.74 Å². The van der Waals surface area contributed by atoms with E-state index in [2.05, 4.69) is 22.9 Å². The first-order valence-corrected chi connectivity index (χ1v) is 7.29. The Morgan fingerprint density at radius 2 is 1.94 bits per heavy atom. The van der Waals surface area contributed by atoms with Crippen molar-refractivity contribution in [2.45, 2.75) is 45.6 Å². The standard InChI is InChI=1S/C15H19BrO2/c1-10-14(16)4-3-5-15(10)18-13-8-6-12(7-9-13)11(2)17/h3-5,12-13H,6-9H2,1-2H3/t12-,13-. The Labute approximate surface area is 117 Å². The molecule has 2 rings (SSSR count). The van der Waals surface area contributed by atoms with Crippen molar-refractivity contribution in [1.82, 2.24) is 0 Å². The third-order valence-electron chi connectivity index (χ3n) is 3.76. The summed E-state index contributed by atoms with van der Waals surface area (Å²) in [6.07, 6.45) is 4.15.